The van der Waals surface area contributed by atoms with E-state index in [0.717, 1.165) is 70.6 Å². The molecule has 6 unspecified atom stereocenters. The van der Waals surface area contributed by atoms with E-state index in [4.69, 9.17) is 4.74 Å². The van der Waals surface area contributed by atoms with Gasteiger partial charge in [-0.05, 0) is 158 Å². The van der Waals surface area contributed by atoms with Gasteiger partial charge in [0.2, 0.25) is 0 Å². The van der Waals surface area contributed by atoms with Gasteiger partial charge < -0.3 is 15.3 Å². The first-order valence-electron chi connectivity index (χ1n) is 23.8. The zero-order valence-electron chi connectivity index (χ0n) is 38.7. The summed E-state index contributed by atoms with van der Waals surface area (Å²) in [6.45, 7) is 20.6. The fraction of sp³-hybridized carbons (Fsp3) is 0.900. The van der Waals surface area contributed by atoms with Gasteiger partial charge in [-0.25, -0.2) is 0 Å². The van der Waals surface area contributed by atoms with E-state index in [1.165, 1.54) is 13.3 Å². The molecule has 2 N–H and O–H groups in total. The Kier molecular flexibility index (Phi) is 15.2. The predicted octanol–water partition coefficient (Wildman–Crippen LogP) is 6.71. The Morgan fingerprint density at radius 2 is 1.02 bits per heavy atom. The van der Waals surface area contributed by atoms with Crippen molar-refractivity contribution in [1.82, 2.24) is 0 Å². The van der Waals surface area contributed by atoms with Crippen molar-refractivity contribution in [1.29, 1.82) is 0 Å². The molecule has 328 valence electrons. The number of ether oxygens (including phenoxy) is 1. The van der Waals surface area contributed by atoms with E-state index in [1.54, 1.807) is 0 Å². The van der Waals surface area contributed by atoms with Gasteiger partial charge in [-0.3, -0.25) is 24.0 Å². The Morgan fingerprint density at radius 1 is 0.627 bits per heavy atom. The number of carbonyl (C=O) groups is 5. The number of hydrogen-bond acceptors (Lipinski definition) is 8. The Labute approximate surface area is 378 Å². The molecule has 0 aromatic heterocycles. The molecule has 0 saturated heterocycles. The van der Waals surface area contributed by atoms with E-state index in [0.29, 0.717) is 103 Å². The first-order valence-corrected chi connectivity index (χ1v) is 23.8. The molecule has 59 heavy (non-hydrogen) atoms. The van der Waals surface area contributed by atoms with Gasteiger partial charge in [0.1, 0.15) is 23.1 Å². The summed E-state index contributed by atoms with van der Waals surface area (Å²) >= 11 is 0. The van der Waals surface area contributed by atoms with Crippen LogP contribution in [-0.2, 0) is 28.7 Å². The summed E-state index contributed by atoms with van der Waals surface area (Å²) in [6.07, 6.45) is 15.5. The van der Waals surface area contributed by atoms with Crippen LogP contribution in [0.1, 0.15) is 165 Å². The van der Waals surface area contributed by atoms with Crippen molar-refractivity contribution in [2.24, 2.45) is 105 Å². The Bertz CT molecular complexity index is 1600. The number of rotatable bonds is 7. The minimum atomic E-state index is -0.204. The normalized spacial score (nSPS) is 46.9. The molecule has 8 aliphatic rings. The summed E-state index contributed by atoms with van der Waals surface area (Å²) in [6, 6.07) is 0. The van der Waals surface area contributed by atoms with Crippen LogP contribution in [0.3, 0.4) is 0 Å². The molecule has 0 aromatic rings. The van der Waals surface area contributed by atoms with Crippen LogP contribution in [0.25, 0.3) is 0 Å². The minimum Gasteiger partial charge on any atom is -0.870 e. The molecule has 0 spiro atoms. The van der Waals surface area contributed by atoms with Gasteiger partial charge in [0, 0.05) is 62.9 Å². The third kappa shape index (κ3) is 7.89. The van der Waals surface area contributed by atoms with Crippen molar-refractivity contribution < 1.29 is 68.8 Å². The summed E-state index contributed by atoms with van der Waals surface area (Å²) < 4.78 is 5.36. The first kappa shape index (κ1) is 49.1. The van der Waals surface area contributed by atoms with Crippen molar-refractivity contribution in [3.8, 4) is 0 Å². The summed E-state index contributed by atoms with van der Waals surface area (Å²) in [5.74, 6) is 6.05. The summed E-state index contributed by atoms with van der Waals surface area (Å²) in [7, 11) is 0. The van der Waals surface area contributed by atoms with E-state index < -0.39 is 0 Å². The quantitative estimate of drug-likeness (QED) is 0.220. The number of esters is 1. The smallest absolute Gasteiger partial charge is 0.870 e. The molecule has 0 aromatic carbocycles. The van der Waals surface area contributed by atoms with Crippen LogP contribution >= 0.6 is 0 Å². The predicted molar refractivity (Wildman–Crippen MR) is 224 cm³/mol. The van der Waals surface area contributed by atoms with Crippen molar-refractivity contribution in [2.45, 2.75) is 165 Å². The summed E-state index contributed by atoms with van der Waals surface area (Å²) in [4.78, 5) is 63.5. The molecule has 0 radical (unpaired) electrons. The van der Waals surface area contributed by atoms with Gasteiger partial charge in [0.15, 0.2) is 0 Å². The Morgan fingerprint density at radius 3 is 1.39 bits per heavy atom. The fourth-order valence-electron chi connectivity index (χ4n) is 17.3. The fourth-order valence-corrected chi connectivity index (χ4v) is 17.3. The van der Waals surface area contributed by atoms with Crippen molar-refractivity contribution >= 4 is 29.1 Å². The van der Waals surface area contributed by atoms with E-state index >= 15 is 0 Å². The van der Waals surface area contributed by atoms with Gasteiger partial charge in [-0.2, -0.15) is 0 Å². The molecule has 9 heteroatoms. The zero-order chi connectivity index (χ0) is 41.4. The van der Waals surface area contributed by atoms with E-state index in [2.05, 4.69) is 55.4 Å². The maximum atomic E-state index is 13.9. The van der Waals surface area contributed by atoms with E-state index in [9.17, 15) is 29.1 Å². The number of fused-ring (bicyclic) bond motifs is 10. The average Bonchev–Trinajstić information content (AvgIpc) is 3.72. The summed E-state index contributed by atoms with van der Waals surface area (Å²) in [5.41, 5.74) is 0.651. The monoisotopic (exact) mass is 831 g/mol. The molecule has 8 fully saturated rings. The molecule has 8 nitrogen and oxygen atoms in total. The second-order valence-corrected chi connectivity index (χ2v) is 22.4. The molecule has 0 aliphatic heterocycles. The number of carbonyl (C=O) groups excluding carboxylic acids is 5. The van der Waals surface area contributed by atoms with Crippen LogP contribution in [-0.4, -0.2) is 52.9 Å². The minimum absolute atomic E-state index is 0. The van der Waals surface area contributed by atoms with Crippen molar-refractivity contribution in [2.75, 3.05) is 13.2 Å². The standard InChI is InChI=1S/C26H40O4.C24H38O3.Na.H2O/c1-6-18-22-13-17(28)9-11-26(22,5)21-10-12-25(4)19(15(2)14-30-16(3)27)7-8-20(25)23(21)24(18)29;1-5-16-20-12-15(26)8-10-24(20,4)19-9-11-23(3)17(14(2)13-25)6-7-18(23)21(19)22(16)27;;/h15,18-23H,6-14H2,1-5H3;14,16-21,25H,5-13H2,1-4H3;;1H2/q;;+1;/p-1/t15-,18+,19-,20?,21?,22+,23?,25-,26-;14-,16-,17-,18?,19?,20+,21?,23-,24-;;/m11../s1. The van der Waals surface area contributed by atoms with Crippen molar-refractivity contribution in [3.05, 3.63) is 0 Å². The van der Waals surface area contributed by atoms with E-state index in [-0.39, 0.29) is 105 Å². The van der Waals surface area contributed by atoms with Gasteiger partial charge >= 0.3 is 35.5 Å². The van der Waals surface area contributed by atoms with Gasteiger partial charge in [0.25, 0.3) is 0 Å². The van der Waals surface area contributed by atoms with Gasteiger partial charge in [-0.1, -0.05) is 55.4 Å². The molecule has 8 rings (SSSR count). The second kappa shape index (κ2) is 18.3. The molecule has 8 saturated carbocycles. The maximum Gasteiger partial charge on any atom is 1.00 e. The number of aliphatic hydroxyl groups excluding tert-OH is 1. The SMILES string of the molecule is CC[C@@H]1C(=O)C2C3CC[C@H]([C@H](C)COC(C)=O)[C@@]3(C)CCC2[C@@]2(C)CCC(=O)C[C@@H]12.CC[C@H]1C(=O)C2C3CC[C@H]([C@H](C)CO)[C@@]3(C)CCC2[C@@]2(C)CCC(=O)C[C@@H]12.[Na+].[OH-]. The topological polar surface area (TPSA) is 145 Å². The first-order chi connectivity index (χ1) is 26.9. The molecule has 0 amide bonds. The molecule has 0 heterocycles. The van der Waals surface area contributed by atoms with Crippen molar-refractivity contribution in [3.63, 3.8) is 0 Å². The van der Waals surface area contributed by atoms with Crippen LogP contribution in [0, 0.1) is 105 Å². The molecule has 18 atom stereocenters. The largest absolute Gasteiger partial charge is 1.00 e. The van der Waals surface area contributed by atoms with Gasteiger partial charge in [-0.15, -0.1) is 0 Å². The zero-order valence-corrected chi connectivity index (χ0v) is 40.7. The molecule has 8 aliphatic carbocycles. The van der Waals surface area contributed by atoms with E-state index in [1.807, 2.05) is 0 Å². The Balaban J connectivity index is 0.000000218. The number of ketones is 4. The Hall–Kier alpha value is -0.930. The van der Waals surface area contributed by atoms with Gasteiger partial charge in [0.05, 0.1) is 6.61 Å². The second-order valence-electron chi connectivity index (χ2n) is 22.4. The van der Waals surface area contributed by atoms with Crippen LogP contribution < -0.4 is 29.6 Å². The number of aliphatic hydroxyl groups is 1. The van der Waals surface area contributed by atoms with Crippen LogP contribution in [0.5, 0.6) is 0 Å². The van der Waals surface area contributed by atoms with Crippen LogP contribution in [0.4, 0.5) is 0 Å². The van der Waals surface area contributed by atoms with Crippen LogP contribution in [0.15, 0.2) is 0 Å². The van der Waals surface area contributed by atoms with Crippen LogP contribution in [0.2, 0.25) is 0 Å². The molecular formula is C50H79NaO8. The number of Topliss-reactive ketones (excluding diaryl/α,β-unsaturated/α-hetero) is 4. The third-order valence-electron chi connectivity index (χ3n) is 20.3. The molecule has 0 bridgehead atoms. The maximum absolute atomic E-state index is 13.9. The average molecular weight is 831 g/mol. The summed E-state index contributed by atoms with van der Waals surface area (Å²) in [5, 5.41) is 9.79. The third-order valence-corrected chi connectivity index (χ3v) is 20.3. The number of hydrogen-bond donors (Lipinski definition) is 1. The molecular weight excluding hydrogens is 752 g/mol.